The van der Waals surface area contributed by atoms with Gasteiger partial charge >= 0.3 is 12.0 Å². The van der Waals surface area contributed by atoms with Crippen molar-refractivity contribution in [3.8, 4) is 5.75 Å². The Morgan fingerprint density at radius 3 is 2.47 bits per heavy atom. The third-order valence-corrected chi connectivity index (χ3v) is 5.62. The van der Waals surface area contributed by atoms with Gasteiger partial charge in [-0.1, -0.05) is 47.0 Å². The summed E-state index contributed by atoms with van der Waals surface area (Å²) in [6, 6.07) is 15.1. The van der Waals surface area contributed by atoms with Gasteiger partial charge in [0.1, 0.15) is 24.9 Å². The lowest BCUT2D eigenvalue weighted by Gasteiger charge is -2.30. The highest BCUT2D eigenvalue weighted by Crippen LogP contribution is 2.29. The van der Waals surface area contributed by atoms with E-state index in [0.29, 0.717) is 16.3 Å². The van der Waals surface area contributed by atoms with E-state index < -0.39 is 24.0 Å². The van der Waals surface area contributed by atoms with Gasteiger partial charge < -0.3 is 14.8 Å². The first-order valence-corrected chi connectivity index (χ1v) is 11.2. The molecule has 2 unspecified atom stereocenters. The van der Waals surface area contributed by atoms with Crippen molar-refractivity contribution in [3.05, 3.63) is 94.3 Å². The molecule has 34 heavy (non-hydrogen) atoms. The third kappa shape index (κ3) is 5.80. The lowest BCUT2D eigenvalue weighted by Crippen LogP contribution is -2.46. The van der Waals surface area contributed by atoms with Crippen molar-refractivity contribution in [2.24, 2.45) is 10.9 Å². The summed E-state index contributed by atoms with van der Waals surface area (Å²) in [6.45, 7) is 4.02. The van der Waals surface area contributed by atoms with Gasteiger partial charge in [0.05, 0.1) is 11.8 Å². The molecular formula is C26H24ClN3O4. The van der Waals surface area contributed by atoms with Crippen LogP contribution in [0.5, 0.6) is 5.75 Å². The van der Waals surface area contributed by atoms with Gasteiger partial charge in [0.25, 0.3) is 0 Å². The predicted molar refractivity (Wildman–Crippen MR) is 129 cm³/mol. The number of esters is 1. The summed E-state index contributed by atoms with van der Waals surface area (Å²) in [4.78, 5) is 33.9. The number of hydrogen-bond acceptors (Lipinski definition) is 5. The molecule has 174 valence electrons. The van der Waals surface area contributed by atoms with Crippen LogP contribution in [0.4, 0.5) is 4.79 Å². The average molecular weight is 478 g/mol. The fourth-order valence-electron chi connectivity index (χ4n) is 3.99. The maximum absolute atomic E-state index is 13.4. The van der Waals surface area contributed by atoms with Crippen LogP contribution in [0.3, 0.4) is 0 Å². The van der Waals surface area contributed by atoms with E-state index in [2.05, 4.69) is 21.4 Å². The monoisotopic (exact) mass is 477 g/mol. The molecule has 0 spiro atoms. The molecular weight excluding hydrogens is 454 g/mol. The molecule has 7 nitrogen and oxygen atoms in total. The topological polar surface area (TPSA) is 89.9 Å². The van der Waals surface area contributed by atoms with Crippen LogP contribution in [-0.2, 0) is 16.1 Å². The molecule has 0 fully saturated rings. The first-order chi connectivity index (χ1) is 16.4. The number of aromatic nitrogens is 1. The number of nitrogens with zero attached hydrogens (tertiary/aromatic N) is 2. The minimum absolute atomic E-state index is 0.0708. The van der Waals surface area contributed by atoms with Crippen molar-refractivity contribution in [2.75, 3.05) is 6.61 Å². The normalized spacial score (nSPS) is 17.5. The maximum atomic E-state index is 13.4. The second-order valence-electron chi connectivity index (χ2n) is 8.14. The van der Waals surface area contributed by atoms with E-state index in [1.54, 1.807) is 48.8 Å². The highest BCUT2D eigenvalue weighted by Gasteiger charge is 2.40. The molecule has 2 atom stereocenters. The quantitative estimate of drug-likeness (QED) is 0.484. The second kappa shape index (κ2) is 10.5. The molecule has 1 aliphatic rings. The zero-order chi connectivity index (χ0) is 24.1. The molecule has 0 bridgehead atoms. The van der Waals surface area contributed by atoms with E-state index >= 15 is 0 Å². The van der Waals surface area contributed by atoms with Crippen LogP contribution >= 0.6 is 11.6 Å². The van der Waals surface area contributed by atoms with Crippen LogP contribution in [0.15, 0.2) is 72.0 Å². The smallest absolute Gasteiger partial charge is 0.341 e. The highest BCUT2D eigenvalue weighted by molar-refractivity contribution is 6.30. The van der Waals surface area contributed by atoms with E-state index in [-0.39, 0.29) is 18.9 Å². The molecule has 8 heteroatoms. The largest absolute Gasteiger partial charge is 0.488 e. The first kappa shape index (κ1) is 23.4. The summed E-state index contributed by atoms with van der Waals surface area (Å²) >= 11 is 6.04. The number of halogens is 1. The fourth-order valence-corrected chi connectivity index (χ4v) is 4.17. The minimum atomic E-state index is -0.870. The number of pyridine rings is 1. The molecule has 2 amide bonds. The summed E-state index contributed by atoms with van der Waals surface area (Å²) < 4.78 is 11.5. The number of aliphatic imine (C=N–C) groups is 1. The van der Waals surface area contributed by atoms with Crippen LogP contribution in [0.1, 0.15) is 28.3 Å². The number of urea groups is 1. The van der Waals surface area contributed by atoms with E-state index in [4.69, 9.17) is 21.1 Å². The molecule has 4 rings (SSSR count). The Bertz CT molecular complexity index is 1210. The van der Waals surface area contributed by atoms with Crippen LogP contribution in [-0.4, -0.2) is 29.3 Å². The molecule has 0 saturated carbocycles. The SMILES string of the molecule is Cc1cc(C)cc(COC(=O)C2C(COc3cccc(Cl)c3)=NC(=O)NC2c2ccncc2)c1. The molecule has 0 radical (unpaired) electrons. The number of hydrogen-bond donors (Lipinski definition) is 1. The number of amides is 2. The molecule has 1 aliphatic heterocycles. The third-order valence-electron chi connectivity index (χ3n) is 5.38. The van der Waals surface area contributed by atoms with Gasteiger partial charge in [-0.15, -0.1) is 0 Å². The molecule has 1 N–H and O–H groups in total. The average Bonchev–Trinajstić information content (AvgIpc) is 2.81. The van der Waals surface area contributed by atoms with E-state index in [9.17, 15) is 9.59 Å². The van der Waals surface area contributed by atoms with E-state index in [1.807, 2.05) is 26.0 Å². The summed E-state index contributed by atoms with van der Waals surface area (Å²) in [5, 5.41) is 3.30. The Morgan fingerprint density at radius 1 is 1.03 bits per heavy atom. The van der Waals surface area contributed by atoms with Crippen molar-refractivity contribution in [1.82, 2.24) is 10.3 Å². The molecule has 3 aromatic rings. The standard InChI is InChI=1S/C26H24ClN3O4/c1-16-10-17(2)12-18(11-16)14-34-25(31)23-22(15-33-21-5-3-4-20(27)13-21)29-26(32)30-24(23)19-6-8-28-9-7-19/h3-13,23-24H,14-15H2,1-2H3,(H,30,32). The van der Waals surface area contributed by atoms with Crippen LogP contribution < -0.4 is 10.1 Å². The van der Waals surface area contributed by atoms with Gasteiger partial charge in [-0.25, -0.2) is 4.79 Å². The number of carbonyl (C=O) groups excluding carboxylic acids is 2. The zero-order valence-corrected chi connectivity index (χ0v) is 19.6. The molecule has 0 saturated heterocycles. The fraction of sp³-hybridized carbons (Fsp3) is 0.231. The maximum Gasteiger partial charge on any atom is 0.341 e. The Balaban J connectivity index is 1.59. The Hall–Kier alpha value is -3.71. The summed E-state index contributed by atoms with van der Waals surface area (Å²) in [5.74, 6) is -0.872. The van der Waals surface area contributed by atoms with Crippen LogP contribution in [0.2, 0.25) is 5.02 Å². The van der Waals surface area contributed by atoms with Crippen molar-refractivity contribution in [3.63, 3.8) is 0 Å². The number of nitrogens with one attached hydrogen (secondary N) is 1. The molecule has 0 aliphatic carbocycles. The van der Waals surface area contributed by atoms with E-state index in [1.165, 1.54) is 0 Å². The lowest BCUT2D eigenvalue weighted by molar-refractivity contribution is -0.148. The first-order valence-electron chi connectivity index (χ1n) is 10.8. The van der Waals surface area contributed by atoms with Gasteiger partial charge in [0.15, 0.2) is 0 Å². The Morgan fingerprint density at radius 2 is 1.76 bits per heavy atom. The molecule has 2 heterocycles. The number of benzene rings is 2. The lowest BCUT2D eigenvalue weighted by atomic mass is 9.88. The minimum Gasteiger partial charge on any atom is -0.488 e. The predicted octanol–water partition coefficient (Wildman–Crippen LogP) is 5.00. The number of rotatable bonds is 7. The van der Waals surface area contributed by atoms with Crippen molar-refractivity contribution >= 4 is 29.3 Å². The van der Waals surface area contributed by atoms with Crippen molar-refractivity contribution in [2.45, 2.75) is 26.5 Å². The number of carbonyl (C=O) groups is 2. The summed E-state index contributed by atoms with van der Waals surface area (Å²) in [5.41, 5.74) is 4.05. The molecule has 2 aromatic carbocycles. The van der Waals surface area contributed by atoms with Crippen LogP contribution in [0, 0.1) is 19.8 Å². The number of ether oxygens (including phenoxy) is 2. The molecule has 1 aromatic heterocycles. The van der Waals surface area contributed by atoms with E-state index in [0.717, 1.165) is 16.7 Å². The van der Waals surface area contributed by atoms with Gasteiger partial charge in [-0.3, -0.25) is 9.78 Å². The zero-order valence-electron chi connectivity index (χ0n) is 18.8. The number of aryl methyl sites for hydroxylation is 2. The van der Waals surface area contributed by atoms with Crippen molar-refractivity contribution in [1.29, 1.82) is 0 Å². The summed E-state index contributed by atoms with van der Waals surface area (Å²) in [6.07, 6.45) is 3.21. The van der Waals surface area contributed by atoms with Gasteiger partial charge in [-0.05, 0) is 55.3 Å². The summed E-state index contributed by atoms with van der Waals surface area (Å²) in [7, 11) is 0. The van der Waals surface area contributed by atoms with Crippen LogP contribution in [0.25, 0.3) is 0 Å². The van der Waals surface area contributed by atoms with Gasteiger partial charge in [0.2, 0.25) is 0 Å². The van der Waals surface area contributed by atoms with Gasteiger partial charge in [-0.2, -0.15) is 4.99 Å². The van der Waals surface area contributed by atoms with Crippen molar-refractivity contribution < 1.29 is 19.1 Å². The Labute approximate surface area is 202 Å². The highest BCUT2D eigenvalue weighted by atomic mass is 35.5. The second-order valence-corrected chi connectivity index (χ2v) is 8.57. The van der Waals surface area contributed by atoms with Gasteiger partial charge in [0, 0.05) is 17.4 Å². The Kier molecular flexibility index (Phi) is 7.23.